The van der Waals surface area contributed by atoms with Crippen molar-refractivity contribution in [3.05, 3.63) is 12.3 Å². The first-order valence-corrected chi connectivity index (χ1v) is 5.62. The van der Waals surface area contributed by atoms with Gasteiger partial charge in [-0.15, -0.1) is 0 Å². The summed E-state index contributed by atoms with van der Waals surface area (Å²) < 4.78 is 6.94. The van der Waals surface area contributed by atoms with Crippen molar-refractivity contribution in [1.29, 1.82) is 0 Å². The van der Waals surface area contributed by atoms with Gasteiger partial charge in [0.15, 0.2) is 5.65 Å². The second kappa shape index (κ2) is 3.89. The standard InChI is InChI=1S/C11H15N5O/c1-12-10-3-9(14-7-5-17-6-7)8-4-13-16(2)11(8)15-10/h3-4,7H,5-6H2,1-2H3,(H2,12,14,15). The Hall–Kier alpha value is -1.82. The van der Waals surface area contributed by atoms with Gasteiger partial charge in [-0.2, -0.15) is 5.10 Å². The number of hydrogen-bond donors (Lipinski definition) is 2. The van der Waals surface area contributed by atoms with Crippen LogP contribution in [0.5, 0.6) is 0 Å². The number of aryl methyl sites for hydroxylation is 1. The lowest BCUT2D eigenvalue weighted by Gasteiger charge is -2.28. The average molecular weight is 233 g/mol. The SMILES string of the molecule is CNc1cc(NC2COC2)c2cnn(C)c2n1. The zero-order valence-electron chi connectivity index (χ0n) is 9.90. The minimum atomic E-state index is 0.394. The molecule has 0 saturated carbocycles. The van der Waals surface area contributed by atoms with Crippen LogP contribution in [-0.2, 0) is 11.8 Å². The minimum Gasteiger partial charge on any atom is -0.377 e. The van der Waals surface area contributed by atoms with Gasteiger partial charge in [-0.05, 0) is 0 Å². The monoisotopic (exact) mass is 233 g/mol. The molecule has 6 nitrogen and oxygen atoms in total. The van der Waals surface area contributed by atoms with Gasteiger partial charge >= 0.3 is 0 Å². The topological polar surface area (TPSA) is 64.0 Å². The van der Waals surface area contributed by atoms with Crippen LogP contribution in [0.4, 0.5) is 11.5 Å². The van der Waals surface area contributed by atoms with Gasteiger partial charge in [0.25, 0.3) is 0 Å². The first-order chi connectivity index (χ1) is 8.28. The Morgan fingerprint density at radius 3 is 2.94 bits per heavy atom. The number of fused-ring (bicyclic) bond motifs is 1. The summed E-state index contributed by atoms with van der Waals surface area (Å²) in [5, 5.41) is 11.8. The van der Waals surface area contributed by atoms with Crippen LogP contribution in [0.25, 0.3) is 11.0 Å². The lowest BCUT2D eigenvalue weighted by molar-refractivity contribution is 0.0211. The molecule has 0 aliphatic carbocycles. The van der Waals surface area contributed by atoms with E-state index in [2.05, 4.69) is 20.7 Å². The van der Waals surface area contributed by atoms with Gasteiger partial charge in [0, 0.05) is 20.2 Å². The summed E-state index contributed by atoms with van der Waals surface area (Å²) in [6.45, 7) is 1.53. The molecule has 1 aliphatic heterocycles. The van der Waals surface area contributed by atoms with Crippen molar-refractivity contribution in [2.24, 2.45) is 7.05 Å². The number of hydrogen-bond acceptors (Lipinski definition) is 5. The first kappa shape index (κ1) is 10.3. The molecule has 2 N–H and O–H groups in total. The van der Waals surface area contributed by atoms with Gasteiger partial charge < -0.3 is 15.4 Å². The lowest BCUT2D eigenvalue weighted by atomic mass is 10.2. The van der Waals surface area contributed by atoms with Crippen LogP contribution in [-0.4, -0.2) is 41.1 Å². The molecule has 2 aromatic heterocycles. The van der Waals surface area contributed by atoms with Gasteiger partial charge in [-0.3, -0.25) is 4.68 Å². The fraction of sp³-hybridized carbons (Fsp3) is 0.455. The third-order valence-electron chi connectivity index (χ3n) is 2.96. The molecule has 0 spiro atoms. The summed E-state index contributed by atoms with van der Waals surface area (Å²) in [7, 11) is 3.76. The van der Waals surface area contributed by atoms with Gasteiger partial charge in [-0.25, -0.2) is 4.98 Å². The van der Waals surface area contributed by atoms with Crippen molar-refractivity contribution in [2.75, 3.05) is 30.9 Å². The summed E-state index contributed by atoms with van der Waals surface area (Å²) >= 11 is 0. The molecule has 3 rings (SSSR count). The smallest absolute Gasteiger partial charge is 0.161 e. The molecular weight excluding hydrogens is 218 g/mol. The van der Waals surface area contributed by atoms with Crippen molar-refractivity contribution >= 4 is 22.5 Å². The highest BCUT2D eigenvalue weighted by Crippen LogP contribution is 2.26. The summed E-state index contributed by atoms with van der Waals surface area (Å²) in [6.07, 6.45) is 1.84. The maximum Gasteiger partial charge on any atom is 0.161 e. The van der Waals surface area contributed by atoms with Crippen LogP contribution in [0.2, 0.25) is 0 Å². The molecule has 0 atom stereocenters. The van der Waals surface area contributed by atoms with Crippen molar-refractivity contribution in [2.45, 2.75) is 6.04 Å². The van der Waals surface area contributed by atoms with Crippen molar-refractivity contribution < 1.29 is 4.74 Å². The molecule has 0 bridgehead atoms. The number of anilines is 2. The first-order valence-electron chi connectivity index (χ1n) is 5.62. The molecule has 0 aromatic carbocycles. The van der Waals surface area contributed by atoms with Crippen molar-refractivity contribution in [1.82, 2.24) is 14.8 Å². The average Bonchev–Trinajstić information content (AvgIpc) is 2.65. The molecule has 0 amide bonds. The Morgan fingerprint density at radius 2 is 2.29 bits per heavy atom. The second-order valence-corrected chi connectivity index (χ2v) is 4.19. The van der Waals surface area contributed by atoms with Crippen LogP contribution in [0.3, 0.4) is 0 Å². The van der Waals surface area contributed by atoms with Crippen LogP contribution in [0, 0.1) is 0 Å². The number of pyridine rings is 1. The fourth-order valence-corrected chi connectivity index (χ4v) is 1.90. The number of nitrogens with one attached hydrogen (secondary N) is 2. The van der Waals surface area contributed by atoms with Crippen LogP contribution in [0.15, 0.2) is 12.3 Å². The zero-order chi connectivity index (χ0) is 11.8. The van der Waals surface area contributed by atoms with Gasteiger partial charge in [0.05, 0.1) is 36.5 Å². The molecular formula is C11H15N5O. The van der Waals surface area contributed by atoms with Crippen LogP contribution in [0.1, 0.15) is 0 Å². The van der Waals surface area contributed by atoms with Gasteiger partial charge in [0.1, 0.15) is 5.82 Å². The fourth-order valence-electron chi connectivity index (χ4n) is 1.90. The zero-order valence-corrected chi connectivity index (χ0v) is 9.90. The number of aromatic nitrogens is 3. The molecule has 3 heterocycles. The maximum atomic E-state index is 5.17. The Balaban J connectivity index is 2.06. The molecule has 1 aliphatic rings. The Morgan fingerprint density at radius 1 is 1.47 bits per heavy atom. The van der Waals surface area contributed by atoms with E-state index in [1.807, 2.05) is 26.4 Å². The lowest BCUT2D eigenvalue weighted by Crippen LogP contribution is -2.40. The number of nitrogens with zero attached hydrogens (tertiary/aromatic N) is 3. The third-order valence-corrected chi connectivity index (χ3v) is 2.96. The summed E-state index contributed by atoms with van der Waals surface area (Å²) in [5.41, 5.74) is 1.93. The largest absolute Gasteiger partial charge is 0.377 e. The molecule has 1 fully saturated rings. The number of ether oxygens (including phenoxy) is 1. The van der Waals surface area contributed by atoms with E-state index < -0.39 is 0 Å². The van der Waals surface area contributed by atoms with E-state index in [-0.39, 0.29) is 0 Å². The highest BCUT2D eigenvalue weighted by atomic mass is 16.5. The molecule has 6 heteroatoms. The summed E-state index contributed by atoms with van der Waals surface area (Å²) in [4.78, 5) is 4.48. The van der Waals surface area contributed by atoms with E-state index in [4.69, 9.17) is 4.74 Å². The highest BCUT2D eigenvalue weighted by molar-refractivity contribution is 5.90. The van der Waals surface area contributed by atoms with E-state index in [0.29, 0.717) is 6.04 Å². The third kappa shape index (κ3) is 1.70. The van der Waals surface area contributed by atoms with Crippen molar-refractivity contribution in [3.63, 3.8) is 0 Å². The second-order valence-electron chi connectivity index (χ2n) is 4.19. The van der Waals surface area contributed by atoms with Crippen molar-refractivity contribution in [3.8, 4) is 0 Å². The Kier molecular flexibility index (Phi) is 2.36. The molecule has 1 saturated heterocycles. The normalized spacial score (nSPS) is 15.9. The summed E-state index contributed by atoms with van der Waals surface area (Å²) in [6, 6.07) is 2.40. The molecule has 90 valence electrons. The Labute approximate surface area is 99.0 Å². The van der Waals surface area contributed by atoms with Crippen LogP contribution < -0.4 is 10.6 Å². The maximum absolute atomic E-state index is 5.17. The molecule has 0 radical (unpaired) electrons. The molecule has 0 unspecified atom stereocenters. The molecule has 2 aromatic rings. The van der Waals surface area contributed by atoms with E-state index >= 15 is 0 Å². The summed E-state index contributed by atoms with van der Waals surface area (Å²) in [5.74, 6) is 0.837. The predicted molar refractivity (Wildman–Crippen MR) is 66.3 cm³/mol. The van der Waals surface area contributed by atoms with E-state index in [1.54, 1.807) is 4.68 Å². The minimum absolute atomic E-state index is 0.394. The highest BCUT2D eigenvalue weighted by Gasteiger charge is 2.19. The van der Waals surface area contributed by atoms with Gasteiger partial charge in [0.2, 0.25) is 0 Å². The predicted octanol–water partition coefficient (Wildman–Crippen LogP) is 0.821. The van der Waals surface area contributed by atoms with E-state index in [0.717, 1.165) is 35.8 Å². The molecule has 17 heavy (non-hydrogen) atoms. The van der Waals surface area contributed by atoms with Gasteiger partial charge in [-0.1, -0.05) is 0 Å². The van der Waals surface area contributed by atoms with E-state index in [1.165, 1.54) is 0 Å². The quantitative estimate of drug-likeness (QED) is 0.821. The number of rotatable bonds is 3. The Bertz CT molecular complexity index is 546. The van der Waals surface area contributed by atoms with Crippen LogP contribution >= 0.6 is 0 Å². The van der Waals surface area contributed by atoms with E-state index in [9.17, 15) is 0 Å².